The molecular formula is C28H31FN2O3S. The minimum absolute atomic E-state index is 0.00569. The second kappa shape index (κ2) is 9.46. The summed E-state index contributed by atoms with van der Waals surface area (Å²) < 4.78 is 42.2. The molecule has 1 aliphatic heterocycles. The summed E-state index contributed by atoms with van der Waals surface area (Å²) in [6, 6.07) is 17.1. The van der Waals surface area contributed by atoms with Gasteiger partial charge >= 0.3 is 0 Å². The Bertz CT molecular complexity index is 1360. The van der Waals surface area contributed by atoms with Crippen LogP contribution in [0.2, 0.25) is 0 Å². The van der Waals surface area contributed by atoms with Crippen LogP contribution >= 0.6 is 0 Å². The van der Waals surface area contributed by atoms with Gasteiger partial charge in [-0.1, -0.05) is 58.0 Å². The minimum Gasteiger partial charge on any atom is -0.334 e. The smallest absolute Gasteiger partial charge is 0.261 e. The highest BCUT2D eigenvalue weighted by molar-refractivity contribution is 7.92. The molecule has 0 saturated carbocycles. The van der Waals surface area contributed by atoms with Crippen molar-refractivity contribution >= 4 is 21.6 Å². The molecular weight excluding hydrogens is 463 g/mol. The van der Waals surface area contributed by atoms with Crippen molar-refractivity contribution in [3.63, 3.8) is 0 Å². The maximum Gasteiger partial charge on any atom is 0.261 e. The highest BCUT2D eigenvalue weighted by Gasteiger charge is 2.26. The molecule has 0 atom stereocenters. The number of benzene rings is 3. The SMILES string of the molecule is CCc1cc(F)ccc1NS(=O)(=O)c1ccc2c(c1)CN(C(=O)Cc1ccc(C(C)(C)C)cc1)C2. The Kier molecular flexibility index (Phi) is 6.73. The summed E-state index contributed by atoms with van der Waals surface area (Å²) in [5.41, 5.74) is 4.94. The number of rotatable bonds is 6. The fraction of sp³-hybridized carbons (Fsp3) is 0.321. The van der Waals surface area contributed by atoms with E-state index in [0.717, 1.165) is 16.7 Å². The van der Waals surface area contributed by atoms with Crippen molar-refractivity contribution in [3.8, 4) is 0 Å². The zero-order chi connectivity index (χ0) is 25.4. The molecule has 1 aliphatic rings. The first-order valence-corrected chi connectivity index (χ1v) is 13.2. The van der Waals surface area contributed by atoms with Crippen molar-refractivity contribution in [1.29, 1.82) is 0 Å². The van der Waals surface area contributed by atoms with Crippen LogP contribution in [-0.2, 0) is 46.2 Å². The van der Waals surface area contributed by atoms with Gasteiger partial charge in [0.05, 0.1) is 17.0 Å². The quantitative estimate of drug-likeness (QED) is 0.487. The Morgan fingerprint density at radius 1 is 0.971 bits per heavy atom. The monoisotopic (exact) mass is 494 g/mol. The van der Waals surface area contributed by atoms with Crippen LogP contribution in [-0.4, -0.2) is 19.2 Å². The van der Waals surface area contributed by atoms with Gasteiger partial charge in [0.25, 0.3) is 10.0 Å². The topological polar surface area (TPSA) is 66.5 Å². The van der Waals surface area contributed by atoms with Crippen molar-refractivity contribution in [2.24, 2.45) is 0 Å². The van der Waals surface area contributed by atoms with Gasteiger partial charge in [0.1, 0.15) is 5.82 Å². The number of anilines is 1. The lowest BCUT2D eigenvalue weighted by Crippen LogP contribution is -2.26. The Morgan fingerprint density at radius 3 is 2.31 bits per heavy atom. The molecule has 1 N–H and O–H groups in total. The minimum atomic E-state index is -3.86. The number of sulfonamides is 1. The Labute approximate surface area is 207 Å². The van der Waals surface area contributed by atoms with Gasteiger partial charge in [0, 0.05) is 13.1 Å². The number of hydrogen-bond donors (Lipinski definition) is 1. The molecule has 0 spiro atoms. The van der Waals surface area contributed by atoms with Gasteiger partial charge in [-0.25, -0.2) is 12.8 Å². The van der Waals surface area contributed by atoms with Crippen LogP contribution in [0.15, 0.2) is 65.6 Å². The van der Waals surface area contributed by atoms with Crippen LogP contribution in [0.5, 0.6) is 0 Å². The number of fused-ring (bicyclic) bond motifs is 1. The van der Waals surface area contributed by atoms with Crippen LogP contribution in [0.3, 0.4) is 0 Å². The van der Waals surface area contributed by atoms with Gasteiger partial charge < -0.3 is 4.90 Å². The number of amides is 1. The average Bonchev–Trinajstić information content (AvgIpc) is 3.23. The van der Waals surface area contributed by atoms with E-state index in [0.29, 0.717) is 37.2 Å². The molecule has 4 rings (SSSR count). The third-order valence-electron chi connectivity index (χ3n) is 6.43. The maximum atomic E-state index is 13.5. The number of halogens is 1. The van der Waals surface area contributed by atoms with Crippen molar-refractivity contribution in [2.45, 2.75) is 63.9 Å². The molecule has 0 bridgehead atoms. The summed E-state index contributed by atoms with van der Waals surface area (Å²) in [6.07, 6.45) is 0.797. The molecule has 0 radical (unpaired) electrons. The lowest BCUT2D eigenvalue weighted by molar-refractivity contribution is -0.131. The standard InChI is InChI=1S/C28H31FN2O3S/c1-5-20-15-24(29)11-13-26(20)30-35(33,34)25-12-8-21-17-31(18-22(21)16-25)27(32)14-19-6-9-23(10-7-19)28(2,3)4/h6-13,15-16,30H,5,14,17-18H2,1-4H3. The second-order valence-corrected chi connectivity index (χ2v) is 11.7. The molecule has 0 aromatic heterocycles. The first-order valence-electron chi connectivity index (χ1n) is 11.8. The van der Waals surface area contributed by atoms with Gasteiger partial charge in [-0.05, 0) is 70.0 Å². The van der Waals surface area contributed by atoms with E-state index in [1.165, 1.54) is 23.8 Å². The van der Waals surface area contributed by atoms with E-state index in [-0.39, 0.29) is 16.2 Å². The Hall–Kier alpha value is -3.19. The van der Waals surface area contributed by atoms with E-state index >= 15 is 0 Å². The molecule has 0 unspecified atom stereocenters. The molecule has 3 aromatic carbocycles. The van der Waals surface area contributed by atoms with E-state index in [1.807, 2.05) is 19.1 Å². The van der Waals surface area contributed by atoms with E-state index in [9.17, 15) is 17.6 Å². The highest BCUT2D eigenvalue weighted by Crippen LogP contribution is 2.28. The molecule has 0 aliphatic carbocycles. The summed E-state index contributed by atoms with van der Waals surface area (Å²) in [6.45, 7) is 9.13. The fourth-order valence-corrected chi connectivity index (χ4v) is 5.43. The van der Waals surface area contributed by atoms with E-state index in [4.69, 9.17) is 0 Å². The zero-order valence-electron chi connectivity index (χ0n) is 20.6. The number of nitrogens with zero attached hydrogens (tertiary/aromatic N) is 1. The molecule has 1 amide bonds. The molecule has 184 valence electrons. The molecule has 0 fully saturated rings. The number of carbonyl (C=O) groups is 1. The molecule has 5 nitrogen and oxygen atoms in total. The van der Waals surface area contributed by atoms with Crippen molar-refractivity contribution in [3.05, 3.63) is 94.3 Å². The molecule has 0 saturated heterocycles. The Balaban J connectivity index is 1.46. The Morgan fingerprint density at radius 2 is 1.66 bits per heavy atom. The summed E-state index contributed by atoms with van der Waals surface area (Å²) in [4.78, 5) is 14.8. The van der Waals surface area contributed by atoms with Crippen LogP contribution in [0.4, 0.5) is 10.1 Å². The normalized spacial score (nSPS) is 13.6. The van der Waals surface area contributed by atoms with Crippen molar-refractivity contribution in [2.75, 3.05) is 4.72 Å². The first-order chi connectivity index (χ1) is 16.5. The zero-order valence-corrected chi connectivity index (χ0v) is 21.4. The van der Waals surface area contributed by atoms with Crippen LogP contribution in [0, 0.1) is 5.82 Å². The number of hydrogen-bond acceptors (Lipinski definition) is 3. The van der Waals surface area contributed by atoms with Crippen molar-refractivity contribution in [1.82, 2.24) is 4.90 Å². The van der Waals surface area contributed by atoms with Crippen LogP contribution < -0.4 is 4.72 Å². The first kappa shape index (κ1) is 24.9. The van der Waals surface area contributed by atoms with Gasteiger partial charge in [0.15, 0.2) is 0 Å². The molecule has 35 heavy (non-hydrogen) atoms. The lowest BCUT2D eigenvalue weighted by atomic mass is 9.86. The van der Waals surface area contributed by atoms with Crippen LogP contribution in [0.1, 0.15) is 55.5 Å². The third kappa shape index (κ3) is 5.56. The molecule has 3 aromatic rings. The van der Waals surface area contributed by atoms with E-state index in [2.05, 4.69) is 37.6 Å². The van der Waals surface area contributed by atoms with Crippen molar-refractivity contribution < 1.29 is 17.6 Å². The van der Waals surface area contributed by atoms with E-state index in [1.54, 1.807) is 23.1 Å². The van der Waals surface area contributed by atoms with Gasteiger partial charge in [-0.15, -0.1) is 0 Å². The molecule has 7 heteroatoms. The third-order valence-corrected chi connectivity index (χ3v) is 7.79. The predicted molar refractivity (Wildman–Crippen MR) is 136 cm³/mol. The number of carbonyl (C=O) groups excluding carboxylic acids is 1. The second-order valence-electron chi connectivity index (χ2n) is 10.1. The number of aryl methyl sites for hydroxylation is 1. The van der Waals surface area contributed by atoms with E-state index < -0.39 is 15.8 Å². The fourth-order valence-electron chi connectivity index (χ4n) is 4.28. The van der Waals surface area contributed by atoms with Gasteiger partial charge in [0.2, 0.25) is 5.91 Å². The lowest BCUT2D eigenvalue weighted by Gasteiger charge is -2.19. The summed E-state index contributed by atoms with van der Waals surface area (Å²) in [5.74, 6) is -0.400. The number of nitrogens with one attached hydrogen (secondary N) is 1. The maximum absolute atomic E-state index is 13.5. The largest absolute Gasteiger partial charge is 0.334 e. The predicted octanol–water partition coefficient (Wildman–Crippen LogP) is 5.57. The van der Waals surface area contributed by atoms with Gasteiger partial charge in [-0.3, -0.25) is 9.52 Å². The summed E-state index contributed by atoms with van der Waals surface area (Å²) in [7, 11) is -3.86. The van der Waals surface area contributed by atoms with Crippen LogP contribution in [0.25, 0.3) is 0 Å². The van der Waals surface area contributed by atoms with Gasteiger partial charge in [-0.2, -0.15) is 0 Å². The summed E-state index contributed by atoms with van der Waals surface area (Å²) >= 11 is 0. The average molecular weight is 495 g/mol. The highest BCUT2D eigenvalue weighted by atomic mass is 32.2. The summed E-state index contributed by atoms with van der Waals surface area (Å²) in [5, 5.41) is 0. The molecule has 1 heterocycles.